The number of aromatic nitrogens is 2. The van der Waals surface area contributed by atoms with E-state index >= 15 is 0 Å². The molecule has 4 rings (SSSR count). The average molecular weight is 341 g/mol. The number of rotatable bonds is 3. The second kappa shape index (κ2) is 6.48. The molecule has 2 aromatic rings. The number of aryl methyl sites for hydroxylation is 1. The summed E-state index contributed by atoms with van der Waals surface area (Å²) in [6.07, 6.45) is 4.51. The molecule has 3 atom stereocenters. The number of urea groups is 1. The monoisotopic (exact) mass is 341 g/mol. The summed E-state index contributed by atoms with van der Waals surface area (Å²) < 4.78 is 5.23. The summed E-state index contributed by atoms with van der Waals surface area (Å²) >= 11 is 0. The molecule has 3 heterocycles. The molecule has 132 valence electrons. The fourth-order valence-electron chi connectivity index (χ4n) is 4.06. The second-order valence-corrected chi connectivity index (χ2v) is 7.01. The van der Waals surface area contributed by atoms with E-state index in [0.29, 0.717) is 29.5 Å². The van der Waals surface area contributed by atoms with E-state index < -0.39 is 0 Å². The van der Waals surface area contributed by atoms with Crippen LogP contribution in [0.25, 0.3) is 11.5 Å². The SMILES string of the molecule is Cc1noc(-c2ccccc2NC(=O)NC2C[C@H]3CC[C@@H](C2)N3C)n1. The normalized spacial score (nSPS) is 25.8. The van der Waals surface area contributed by atoms with Gasteiger partial charge in [-0.1, -0.05) is 17.3 Å². The number of piperidine rings is 1. The summed E-state index contributed by atoms with van der Waals surface area (Å²) in [5, 5.41) is 9.88. The molecule has 0 spiro atoms. The van der Waals surface area contributed by atoms with Crippen molar-refractivity contribution in [3.8, 4) is 11.5 Å². The fraction of sp³-hybridized carbons (Fsp3) is 0.500. The molecule has 2 aliphatic rings. The maximum absolute atomic E-state index is 12.5. The van der Waals surface area contributed by atoms with Crippen molar-refractivity contribution in [2.75, 3.05) is 12.4 Å². The van der Waals surface area contributed by atoms with Crippen molar-refractivity contribution >= 4 is 11.7 Å². The highest BCUT2D eigenvalue weighted by Gasteiger charge is 2.38. The Bertz CT molecular complexity index is 760. The molecule has 0 aliphatic carbocycles. The Morgan fingerprint density at radius 3 is 2.64 bits per heavy atom. The van der Waals surface area contributed by atoms with Gasteiger partial charge in [-0.25, -0.2) is 4.79 Å². The Kier molecular flexibility index (Phi) is 4.17. The summed E-state index contributed by atoms with van der Waals surface area (Å²) in [5.41, 5.74) is 1.39. The molecule has 7 heteroatoms. The Balaban J connectivity index is 1.43. The number of nitrogens with zero attached hydrogens (tertiary/aromatic N) is 3. The maximum atomic E-state index is 12.5. The van der Waals surface area contributed by atoms with Crippen molar-refractivity contribution in [1.29, 1.82) is 0 Å². The molecule has 2 saturated heterocycles. The number of anilines is 1. The number of amides is 2. The van der Waals surface area contributed by atoms with Crippen LogP contribution in [-0.2, 0) is 0 Å². The largest absolute Gasteiger partial charge is 0.335 e. The summed E-state index contributed by atoms with van der Waals surface area (Å²) in [4.78, 5) is 19.2. The van der Waals surface area contributed by atoms with Crippen LogP contribution in [0.4, 0.5) is 10.5 Å². The third kappa shape index (κ3) is 3.24. The van der Waals surface area contributed by atoms with Crippen molar-refractivity contribution in [3.05, 3.63) is 30.1 Å². The van der Waals surface area contributed by atoms with Crippen molar-refractivity contribution in [2.45, 2.75) is 50.7 Å². The van der Waals surface area contributed by atoms with Crippen LogP contribution < -0.4 is 10.6 Å². The molecule has 2 N–H and O–H groups in total. The zero-order valence-corrected chi connectivity index (χ0v) is 14.5. The van der Waals surface area contributed by atoms with Crippen molar-refractivity contribution in [2.24, 2.45) is 0 Å². The lowest BCUT2D eigenvalue weighted by atomic mass is 9.98. The van der Waals surface area contributed by atoms with E-state index in [9.17, 15) is 4.79 Å². The molecule has 25 heavy (non-hydrogen) atoms. The van der Waals surface area contributed by atoms with E-state index in [1.54, 1.807) is 6.92 Å². The van der Waals surface area contributed by atoms with Gasteiger partial charge in [0.2, 0.25) is 0 Å². The number of benzene rings is 1. The Labute approximate surface area is 146 Å². The topological polar surface area (TPSA) is 83.3 Å². The molecule has 1 unspecified atom stereocenters. The molecule has 2 amide bonds. The van der Waals surface area contributed by atoms with Gasteiger partial charge in [0, 0.05) is 18.1 Å². The number of hydrogen-bond donors (Lipinski definition) is 2. The van der Waals surface area contributed by atoms with Crippen molar-refractivity contribution in [1.82, 2.24) is 20.4 Å². The summed E-state index contributed by atoms with van der Waals surface area (Å²) in [6, 6.07) is 8.69. The van der Waals surface area contributed by atoms with E-state index in [2.05, 4.69) is 32.7 Å². The predicted octanol–water partition coefficient (Wildman–Crippen LogP) is 2.79. The number of nitrogens with one attached hydrogen (secondary N) is 2. The fourth-order valence-corrected chi connectivity index (χ4v) is 4.06. The highest BCUT2D eigenvalue weighted by atomic mass is 16.5. The molecule has 2 fully saturated rings. The standard InChI is InChI=1S/C18H23N5O2/c1-11-19-17(25-22-11)15-5-3-4-6-16(15)21-18(24)20-12-9-13-7-8-14(10-12)23(13)2/h3-6,12-14H,7-10H2,1-2H3,(H2,20,21,24)/t12?,13-,14+. The molecule has 2 bridgehead atoms. The first kappa shape index (κ1) is 16.1. The lowest BCUT2D eigenvalue weighted by Gasteiger charge is -2.36. The minimum atomic E-state index is -0.183. The maximum Gasteiger partial charge on any atom is 0.319 e. The minimum Gasteiger partial charge on any atom is -0.335 e. The van der Waals surface area contributed by atoms with Gasteiger partial charge in [0.05, 0.1) is 11.3 Å². The Morgan fingerprint density at radius 2 is 1.96 bits per heavy atom. The van der Waals surface area contributed by atoms with Crippen LogP contribution in [0.1, 0.15) is 31.5 Å². The molecule has 7 nitrogen and oxygen atoms in total. The van der Waals surface area contributed by atoms with E-state index in [1.165, 1.54) is 12.8 Å². The van der Waals surface area contributed by atoms with E-state index in [0.717, 1.165) is 18.4 Å². The lowest BCUT2D eigenvalue weighted by molar-refractivity contribution is 0.151. The zero-order valence-electron chi connectivity index (χ0n) is 14.5. The van der Waals surface area contributed by atoms with Gasteiger partial charge in [-0.05, 0) is 51.8 Å². The minimum absolute atomic E-state index is 0.183. The first-order chi connectivity index (χ1) is 12.1. The zero-order chi connectivity index (χ0) is 17.4. The number of hydrogen-bond acceptors (Lipinski definition) is 5. The van der Waals surface area contributed by atoms with E-state index in [-0.39, 0.29) is 12.1 Å². The number of carbonyl (C=O) groups is 1. The van der Waals surface area contributed by atoms with Crippen LogP contribution in [-0.4, -0.2) is 46.2 Å². The molecule has 0 saturated carbocycles. The van der Waals surface area contributed by atoms with Gasteiger partial charge in [0.1, 0.15) is 0 Å². The summed E-state index contributed by atoms with van der Waals surface area (Å²) in [6.45, 7) is 1.77. The first-order valence-electron chi connectivity index (χ1n) is 8.79. The van der Waals surface area contributed by atoms with Crippen LogP contribution in [0.2, 0.25) is 0 Å². The molecular weight excluding hydrogens is 318 g/mol. The van der Waals surface area contributed by atoms with Crippen molar-refractivity contribution in [3.63, 3.8) is 0 Å². The van der Waals surface area contributed by atoms with Gasteiger partial charge in [-0.2, -0.15) is 4.98 Å². The van der Waals surface area contributed by atoms with Gasteiger partial charge >= 0.3 is 6.03 Å². The van der Waals surface area contributed by atoms with Crippen LogP contribution >= 0.6 is 0 Å². The first-order valence-corrected chi connectivity index (χ1v) is 8.79. The second-order valence-electron chi connectivity index (χ2n) is 7.01. The van der Waals surface area contributed by atoms with Gasteiger partial charge < -0.3 is 20.1 Å². The molecule has 1 aromatic heterocycles. The molecular formula is C18H23N5O2. The molecule has 2 aliphatic heterocycles. The molecule has 1 aromatic carbocycles. The van der Waals surface area contributed by atoms with Gasteiger partial charge in [0.15, 0.2) is 5.82 Å². The highest BCUT2D eigenvalue weighted by molar-refractivity contribution is 5.93. The van der Waals surface area contributed by atoms with E-state index in [1.807, 2.05) is 24.3 Å². The number of fused-ring (bicyclic) bond motifs is 2. The number of para-hydroxylation sites is 1. The van der Waals surface area contributed by atoms with Crippen LogP contribution in [0.15, 0.2) is 28.8 Å². The average Bonchev–Trinajstić information content (AvgIpc) is 3.08. The van der Waals surface area contributed by atoms with Gasteiger partial charge in [0.25, 0.3) is 5.89 Å². The van der Waals surface area contributed by atoms with Gasteiger partial charge in [-0.3, -0.25) is 0 Å². The van der Waals surface area contributed by atoms with Crippen LogP contribution in [0.5, 0.6) is 0 Å². The smallest absolute Gasteiger partial charge is 0.319 e. The quantitative estimate of drug-likeness (QED) is 0.897. The van der Waals surface area contributed by atoms with Crippen LogP contribution in [0, 0.1) is 6.92 Å². The Morgan fingerprint density at radius 1 is 1.24 bits per heavy atom. The third-order valence-corrected chi connectivity index (χ3v) is 5.37. The lowest BCUT2D eigenvalue weighted by Crippen LogP contribution is -2.49. The predicted molar refractivity (Wildman–Crippen MR) is 94.2 cm³/mol. The van der Waals surface area contributed by atoms with E-state index in [4.69, 9.17) is 4.52 Å². The summed E-state index contributed by atoms with van der Waals surface area (Å²) in [7, 11) is 2.20. The Hall–Kier alpha value is -2.41. The van der Waals surface area contributed by atoms with Crippen molar-refractivity contribution < 1.29 is 9.32 Å². The molecule has 0 radical (unpaired) electrons. The number of carbonyl (C=O) groups excluding carboxylic acids is 1. The summed E-state index contributed by atoms with van der Waals surface area (Å²) in [5.74, 6) is 0.974. The van der Waals surface area contributed by atoms with Gasteiger partial charge in [-0.15, -0.1) is 0 Å². The third-order valence-electron chi connectivity index (χ3n) is 5.37. The highest BCUT2D eigenvalue weighted by Crippen LogP contribution is 2.34. The van der Waals surface area contributed by atoms with Crippen LogP contribution in [0.3, 0.4) is 0 Å².